The molecule has 1 unspecified atom stereocenters. The highest BCUT2D eigenvalue weighted by molar-refractivity contribution is 6.32. The molecule has 0 aromatic heterocycles. The molecule has 17 heavy (non-hydrogen) atoms. The van der Waals surface area contributed by atoms with Crippen LogP contribution in [0.15, 0.2) is 18.2 Å². The minimum Gasteiger partial charge on any atom is -0.388 e. The van der Waals surface area contributed by atoms with Crippen LogP contribution in [0.4, 0.5) is 0 Å². The van der Waals surface area contributed by atoms with Gasteiger partial charge < -0.3 is 9.84 Å². The van der Waals surface area contributed by atoms with Crippen molar-refractivity contribution in [1.29, 1.82) is 0 Å². The second-order valence-electron chi connectivity index (χ2n) is 4.79. The third-order valence-electron chi connectivity index (χ3n) is 3.48. The Morgan fingerprint density at radius 1 is 1.41 bits per heavy atom. The van der Waals surface area contributed by atoms with Crippen LogP contribution in [0.5, 0.6) is 0 Å². The fourth-order valence-corrected chi connectivity index (χ4v) is 2.60. The third kappa shape index (κ3) is 3.21. The second kappa shape index (κ2) is 5.85. The largest absolute Gasteiger partial charge is 0.388 e. The van der Waals surface area contributed by atoms with Gasteiger partial charge in [0.2, 0.25) is 0 Å². The summed E-state index contributed by atoms with van der Waals surface area (Å²) < 4.78 is 5.32. The van der Waals surface area contributed by atoms with Crippen LogP contribution in [0.3, 0.4) is 0 Å². The molecule has 2 rings (SSSR count). The lowest BCUT2D eigenvalue weighted by Gasteiger charge is -2.25. The van der Waals surface area contributed by atoms with E-state index in [4.69, 9.17) is 16.3 Å². The molecule has 94 valence electrons. The Kier molecular flexibility index (Phi) is 4.43. The number of benzene rings is 1. The van der Waals surface area contributed by atoms with Crippen LogP contribution in [-0.2, 0) is 4.74 Å². The van der Waals surface area contributed by atoms with E-state index in [2.05, 4.69) is 0 Å². The van der Waals surface area contributed by atoms with E-state index >= 15 is 0 Å². The number of rotatable bonds is 3. The van der Waals surface area contributed by atoms with Crippen LogP contribution < -0.4 is 0 Å². The smallest absolute Gasteiger partial charge is 0.0807 e. The summed E-state index contributed by atoms with van der Waals surface area (Å²) in [5, 5.41) is 11.0. The highest BCUT2D eigenvalue weighted by atomic mass is 35.5. The van der Waals surface area contributed by atoms with Crippen LogP contribution in [0.2, 0.25) is 5.02 Å². The van der Waals surface area contributed by atoms with Gasteiger partial charge in [-0.25, -0.2) is 0 Å². The predicted molar refractivity (Wildman–Crippen MR) is 69.3 cm³/mol. The molecule has 1 aromatic carbocycles. The zero-order chi connectivity index (χ0) is 12.3. The van der Waals surface area contributed by atoms with Crippen molar-refractivity contribution in [3.63, 3.8) is 0 Å². The molecule has 0 aliphatic carbocycles. The minimum atomic E-state index is -0.453. The lowest BCUT2D eigenvalue weighted by atomic mass is 9.90. The maximum absolute atomic E-state index is 10.3. The van der Waals surface area contributed by atoms with E-state index in [1.807, 2.05) is 25.1 Å². The van der Waals surface area contributed by atoms with Gasteiger partial charge in [0.05, 0.1) is 6.10 Å². The Labute approximate surface area is 108 Å². The number of ether oxygens (including phenoxy) is 1. The van der Waals surface area contributed by atoms with E-state index in [0.717, 1.165) is 43.6 Å². The summed E-state index contributed by atoms with van der Waals surface area (Å²) in [5.41, 5.74) is 1.88. The van der Waals surface area contributed by atoms with Crippen LogP contribution in [0.25, 0.3) is 0 Å². The van der Waals surface area contributed by atoms with Gasteiger partial charge in [0.25, 0.3) is 0 Å². The molecule has 1 aliphatic rings. The van der Waals surface area contributed by atoms with Crippen molar-refractivity contribution in [1.82, 2.24) is 0 Å². The van der Waals surface area contributed by atoms with Gasteiger partial charge >= 0.3 is 0 Å². The number of aryl methyl sites for hydroxylation is 1. The zero-order valence-corrected chi connectivity index (χ0v) is 10.9. The van der Waals surface area contributed by atoms with Crippen molar-refractivity contribution in [2.24, 2.45) is 5.92 Å². The normalized spacial score (nSPS) is 19.2. The molecule has 1 aromatic rings. The number of aliphatic hydroxyl groups is 1. The predicted octanol–water partition coefficient (Wildman–Crippen LogP) is 3.50. The Morgan fingerprint density at radius 3 is 2.82 bits per heavy atom. The van der Waals surface area contributed by atoms with Crippen LogP contribution in [0, 0.1) is 12.8 Å². The molecule has 1 N–H and O–H groups in total. The molecular formula is C14H19ClO2. The van der Waals surface area contributed by atoms with E-state index in [-0.39, 0.29) is 0 Å². The first-order chi connectivity index (χ1) is 8.18. The Bertz CT molecular complexity index is 372. The first-order valence-corrected chi connectivity index (χ1v) is 6.57. The first-order valence-electron chi connectivity index (χ1n) is 6.19. The molecular weight excluding hydrogens is 236 g/mol. The summed E-state index contributed by atoms with van der Waals surface area (Å²) in [5.74, 6) is 0.551. The average Bonchev–Trinajstić information content (AvgIpc) is 2.34. The molecule has 0 radical (unpaired) electrons. The van der Waals surface area contributed by atoms with Crippen molar-refractivity contribution in [2.45, 2.75) is 32.3 Å². The fraction of sp³-hybridized carbons (Fsp3) is 0.571. The van der Waals surface area contributed by atoms with Gasteiger partial charge in [-0.1, -0.05) is 29.8 Å². The number of halogens is 1. The summed E-state index contributed by atoms with van der Waals surface area (Å²) in [7, 11) is 0. The fourth-order valence-electron chi connectivity index (χ4n) is 2.35. The SMILES string of the molecule is Cc1cccc(C(O)CC2CCOCC2)c1Cl. The zero-order valence-electron chi connectivity index (χ0n) is 10.2. The van der Waals surface area contributed by atoms with Crippen molar-refractivity contribution in [3.8, 4) is 0 Å². The number of hydrogen-bond donors (Lipinski definition) is 1. The second-order valence-corrected chi connectivity index (χ2v) is 5.16. The molecule has 1 saturated heterocycles. The highest BCUT2D eigenvalue weighted by Crippen LogP contribution is 2.32. The van der Waals surface area contributed by atoms with Crippen LogP contribution in [-0.4, -0.2) is 18.3 Å². The standard InChI is InChI=1S/C14H19ClO2/c1-10-3-2-4-12(14(10)15)13(16)9-11-5-7-17-8-6-11/h2-4,11,13,16H,5-9H2,1H3. The van der Waals surface area contributed by atoms with Crippen molar-refractivity contribution in [3.05, 3.63) is 34.3 Å². The van der Waals surface area contributed by atoms with Gasteiger partial charge in [-0.3, -0.25) is 0 Å². The minimum absolute atomic E-state index is 0.453. The summed E-state index contributed by atoms with van der Waals surface area (Å²) in [6.07, 6.45) is 2.42. The van der Waals surface area contributed by atoms with E-state index in [0.29, 0.717) is 10.9 Å². The lowest BCUT2D eigenvalue weighted by Crippen LogP contribution is -2.18. The maximum atomic E-state index is 10.3. The van der Waals surface area contributed by atoms with Crippen LogP contribution >= 0.6 is 11.6 Å². The van der Waals surface area contributed by atoms with E-state index in [1.165, 1.54) is 0 Å². The van der Waals surface area contributed by atoms with Crippen molar-refractivity contribution >= 4 is 11.6 Å². The third-order valence-corrected chi connectivity index (χ3v) is 3.99. The monoisotopic (exact) mass is 254 g/mol. The van der Waals surface area contributed by atoms with E-state index < -0.39 is 6.10 Å². The Balaban J connectivity index is 2.03. The van der Waals surface area contributed by atoms with Crippen LogP contribution in [0.1, 0.15) is 36.5 Å². The van der Waals surface area contributed by atoms with Gasteiger partial charge in [0.15, 0.2) is 0 Å². The number of hydrogen-bond acceptors (Lipinski definition) is 2. The van der Waals surface area contributed by atoms with Gasteiger partial charge in [-0.15, -0.1) is 0 Å². The molecule has 1 fully saturated rings. The van der Waals surface area contributed by atoms with Crippen molar-refractivity contribution in [2.75, 3.05) is 13.2 Å². The molecule has 2 nitrogen and oxygen atoms in total. The molecule has 0 amide bonds. The van der Waals surface area contributed by atoms with Crippen molar-refractivity contribution < 1.29 is 9.84 Å². The van der Waals surface area contributed by atoms with E-state index in [1.54, 1.807) is 0 Å². The average molecular weight is 255 g/mol. The first kappa shape index (κ1) is 12.9. The topological polar surface area (TPSA) is 29.5 Å². The number of aliphatic hydroxyl groups excluding tert-OH is 1. The molecule has 1 atom stereocenters. The van der Waals surface area contributed by atoms with Gasteiger partial charge in [0, 0.05) is 18.2 Å². The van der Waals surface area contributed by atoms with Gasteiger partial charge in [0.1, 0.15) is 0 Å². The lowest BCUT2D eigenvalue weighted by molar-refractivity contribution is 0.0435. The molecule has 0 spiro atoms. The maximum Gasteiger partial charge on any atom is 0.0807 e. The molecule has 0 bridgehead atoms. The summed E-state index contributed by atoms with van der Waals surface area (Å²) in [6.45, 7) is 3.60. The molecule has 1 aliphatic heterocycles. The Hall–Kier alpha value is -0.570. The van der Waals surface area contributed by atoms with Gasteiger partial charge in [-0.2, -0.15) is 0 Å². The molecule has 1 heterocycles. The Morgan fingerprint density at radius 2 is 2.12 bits per heavy atom. The summed E-state index contributed by atoms with van der Waals surface area (Å²) in [4.78, 5) is 0. The summed E-state index contributed by atoms with van der Waals surface area (Å²) in [6, 6.07) is 5.83. The quantitative estimate of drug-likeness (QED) is 0.895. The van der Waals surface area contributed by atoms with Gasteiger partial charge in [-0.05, 0) is 43.2 Å². The molecule has 0 saturated carbocycles. The molecule has 3 heteroatoms. The summed E-state index contributed by atoms with van der Waals surface area (Å²) >= 11 is 6.22. The van der Waals surface area contributed by atoms with E-state index in [9.17, 15) is 5.11 Å². The highest BCUT2D eigenvalue weighted by Gasteiger charge is 2.20.